The first-order valence-corrected chi connectivity index (χ1v) is 5.52. The van der Waals surface area contributed by atoms with Crippen LogP contribution in [0.15, 0.2) is 35.3 Å². The first-order valence-electron chi connectivity index (χ1n) is 5.52. The Morgan fingerprint density at radius 3 is 2.62 bits per heavy atom. The molecule has 0 heterocycles. The average Bonchev–Trinajstić information content (AvgIpc) is 2.25. The molecule has 1 aromatic rings. The van der Waals surface area contributed by atoms with Gasteiger partial charge in [-0.25, -0.2) is 0 Å². The fourth-order valence-electron chi connectivity index (χ4n) is 1.68. The summed E-state index contributed by atoms with van der Waals surface area (Å²) in [5, 5.41) is 12.8. The van der Waals surface area contributed by atoms with Crippen LogP contribution in [0.25, 0.3) is 0 Å². The van der Waals surface area contributed by atoms with Gasteiger partial charge in [0.05, 0.1) is 12.1 Å². The lowest BCUT2D eigenvalue weighted by Crippen LogP contribution is -2.41. The standard InChI is InChI=1S/C12H17N3O/c13-11(14-9-12(16)7-4-8-12)15-10-5-2-1-3-6-10/h1-3,5-6,16H,4,7-9H2,(H3,13,14,15). The largest absolute Gasteiger partial charge is 0.388 e. The van der Waals surface area contributed by atoms with E-state index >= 15 is 0 Å². The number of benzene rings is 1. The first-order chi connectivity index (χ1) is 7.68. The van der Waals surface area contributed by atoms with Gasteiger partial charge in [0.15, 0.2) is 5.96 Å². The molecule has 4 nitrogen and oxygen atoms in total. The SMILES string of the molecule is NC(=NCC1(O)CCC1)Nc1ccccc1. The van der Waals surface area contributed by atoms with E-state index in [9.17, 15) is 5.11 Å². The zero-order valence-electron chi connectivity index (χ0n) is 9.19. The third-order valence-electron chi connectivity index (χ3n) is 2.87. The maximum Gasteiger partial charge on any atom is 0.193 e. The molecular weight excluding hydrogens is 202 g/mol. The second-order valence-electron chi connectivity index (χ2n) is 4.27. The molecule has 1 saturated carbocycles. The second-order valence-corrected chi connectivity index (χ2v) is 4.27. The van der Waals surface area contributed by atoms with Crippen LogP contribution in [0.2, 0.25) is 0 Å². The fourth-order valence-corrected chi connectivity index (χ4v) is 1.68. The fraction of sp³-hybridized carbons (Fsp3) is 0.417. The molecule has 1 fully saturated rings. The molecule has 86 valence electrons. The summed E-state index contributed by atoms with van der Waals surface area (Å²) >= 11 is 0. The van der Waals surface area contributed by atoms with E-state index in [1.807, 2.05) is 30.3 Å². The Morgan fingerprint density at radius 1 is 1.38 bits per heavy atom. The van der Waals surface area contributed by atoms with E-state index < -0.39 is 5.60 Å². The van der Waals surface area contributed by atoms with Gasteiger partial charge in [0.25, 0.3) is 0 Å². The Morgan fingerprint density at radius 2 is 2.06 bits per heavy atom. The average molecular weight is 219 g/mol. The number of guanidine groups is 1. The van der Waals surface area contributed by atoms with E-state index in [0.29, 0.717) is 12.5 Å². The van der Waals surface area contributed by atoms with E-state index in [1.54, 1.807) is 0 Å². The summed E-state index contributed by atoms with van der Waals surface area (Å²) in [7, 11) is 0. The smallest absolute Gasteiger partial charge is 0.193 e. The van der Waals surface area contributed by atoms with Gasteiger partial charge in [0.1, 0.15) is 0 Å². The monoisotopic (exact) mass is 219 g/mol. The molecule has 0 amide bonds. The summed E-state index contributed by atoms with van der Waals surface area (Å²) in [4.78, 5) is 4.15. The second kappa shape index (κ2) is 4.53. The number of para-hydroxylation sites is 1. The lowest BCUT2D eigenvalue weighted by Gasteiger charge is -2.34. The zero-order valence-corrected chi connectivity index (χ0v) is 9.19. The minimum Gasteiger partial charge on any atom is -0.388 e. The van der Waals surface area contributed by atoms with Gasteiger partial charge in [0, 0.05) is 5.69 Å². The van der Waals surface area contributed by atoms with Crippen molar-refractivity contribution in [3.8, 4) is 0 Å². The predicted octanol–water partition coefficient (Wildman–Crippen LogP) is 1.33. The third kappa shape index (κ3) is 2.73. The molecular formula is C12H17N3O. The van der Waals surface area contributed by atoms with Crippen LogP contribution < -0.4 is 11.1 Å². The van der Waals surface area contributed by atoms with Crippen LogP contribution in [0, 0.1) is 0 Å². The van der Waals surface area contributed by atoms with Crippen LogP contribution in [-0.2, 0) is 0 Å². The Labute approximate surface area is 95.2 Å². The molecule has 16 heavy (non-hydrogen) atoms. The van der Waals surface area contributed by atoms with E-state index in [0.717, 1.165) is 24.9 Å². The van der Waals surface area contributed by atoms with Gasteiger partial charge in [-0.2, -0.15) is 0 Å². The van der Waals surface area contributed by atoms with Crippen molar-refractivity contribution in [2.75, 3.05) is 11.9 Å². The number of nitrogens with zero attached hydrogens (tertiary/aromatic N) is 1. The molecule has 0 unspecified atom stereocenters. The van der Waals surface area contributed by atoms with Gasteiger partial charge in [0.2, 0.25) is 0 Å². The van der Waals surface area contributed by atoms with E-state index in [2.05, 4.69) is 10.3 Å². The molecule has 4 N–H and O–H groups in total. The Bertz CT molecular complexity index is 371. The number of rotatable bonds is 3. The van der Waals surface area contributed by atoms with Crippen LogP contribution in [-0.4, -0.2) is 23.2 Å². The summed E-state index contributed by atoms with van der Waals surface area (Å²) in [5.74, 6) is 0.353. The quantitative estimate of drug-likeness (QED) is 0.530. The van der Waals surface area contributed by atoms with Crippen molar-refractivity contribution in [3.63, 3.8) is 0 Å². The molecule has 0 aromatic heterocycles. The maximum absolute atomic E-state index is 9.83. The van der Waals surface area contributed by atoms with Gasteiger partial charge in [-0.1, -0.05) is 18.2 Å². The number of aliphatic hydroxyl groups is 1. The van der Waals surface area contributed by atoms with Crippen molar-refractivity contribution in [1.29, 1.82) is 0 Å². The highest BCUT2D eigenvalue weighted by atomic mass is 16.3. The van der Waals surface area contributed by atoms with Crippen molar-refractivity contribution in [2.45, 2.75) is 24.9 Å². The molecule has 0 aliphatic heterocycles. The summed E-state index contributed by atoms with van der Waals surface area (Å²) in [6.07, 6.45) is 2.74. The third-order valence-corrected chi connectivity index (χ3v) is 2.87. The lowest BCUT2D eigenvalue weighted by molar-refractivity contribution is -0.0235. The van der Waals surface area contributed by atoms with Gasteiger partial charge in [-0.05, 0) is 31.4 Å². The maximum atomic E-state index is 9.83. The highest BCUT2D eigenvalue weighted by molar-refractivity contribution is 5.92. The molecule has 0 saturated heterocycles. The molecule has 2 rings (SSSR count). The summed E-state index contributed by atoms with van der Waals surface area (Å²) in [6, 6.07) is 9.63. The van der Waals surface area contributed by atoms with Crippen LogP contribution in [0.5, 0.6) is 0 Å². The van der Waals surface area contributed by atoms with Crippen molar-refractivity contribution < 1.29 is 5.11 Å². The highest BCUT2D eigenvalue weighted by Crippen LogP contribution is 2.31. The van der Waals surface area contributed by atoms with E-state index in [-0.39, 0.29) is 0 Å². The molecule has 1 aliphatic rings. The number of hydrogen-bond donors (Lipinski definition) is 3. The Balaban J connectivity index is 1.88. The first kappa shape index (κ1) is 11.0. The lowest BCUT2D eigenvalue weighted by atomic mass is 9.80. The molecule has 1 aliphatic carbocycles. The van der Waals surface area contributed by atoms with E-state index in [1.165, 1.54) is 0 Å². The minimum absolute atomic E-state index is 0.353. The van der Waals surface area contributed by atoms with Crippen molar-refractivity contribution in [3.05, 3.63) is 30.3 Å². The van der Waals surface area contributed by atoms with Crippen LogP contribution >= 0.6 is 0 Å². The Kier molecular flexibility index (Phi) is 3.10. The summed E-state index contributed by atoms with van der Waals surface area (Å²) in [5.41, 5.74) is 6.02. The molecule has 4 heteroatoms. The van der Waals surface area contributed by atoms with Crippen molar-refractivity contribution in [2.24, 2.45) is 10.7 Å². The van der Waals surface area contributed by atoms with Crippen molar-refractivity contribution >= 4 is 11.6 Å². The van der Waals surface area contributed by atoms with Crippen molar-refractivity contribution in [1.82, 2.24) is 0 Å². The molecule has 1 aromatic carbocycles. The molecule has 0 bridgehead atoms. The highest BCUT2D eigenvalue weighted by Gasteiger charge is 2.33. The van der Waals surface area contributed by atoms with Gasteiger partial charge >= 0.3 is 0 Å². The molecule has 0 radical (unpaired) electrons. The van der Waals surface area contributed by atoms with Crippen LogP contribution in [0.1, 0.15) is 19.3 Å². The summed E-state index contributed by atoms with van der Waals surface area (Å²) < 4.78 is 0. The normalized spacial score (nSPS) is 18.9. The number of nitrogens with one attached hydrogen (secondary N) is 1. The minimum atomic E-state index is -0.608. The zero-order chi connectivity index (χ0) is 11.4. The predicted molar refractivity (Wildman–Crippen MR) is 65.4 cm³/mol. The molecule has 0 atom stereocenters. The van der Waals surface area contributed by atoms with Crippen LogP contribution in [0.4, 0.5) is 5.69 Å². The topological polar surface area (TPSA) is 70.6 Å². The number of anilines is 1. The van der Waals surface area contributed by atoms with Gasteiger partial charge in [-0.3, -0.25) is 4.99 Å². The van der Waals surface area contributed by atoms with E-state index in [4.69, 9.17) is 5.73 Å². The number of hydrogen-bond acceptors (Lipinski definition) is 2. The van der Waals surface area contributed by atoms with Gasteiger partial charge < -0.3 is 16.2 Å². The van der Waals surface area contributed by atoms with Gasteiger partial charge in [-0.15, -0.1) is 0 Å². The summed E-state index contributed by atoms with van der Waals surface area (Å²) in [6.45, 7) is 0.388. The number of nitrogens with two attached hydrogens (primary N) is 1. The number of aliphatic imine (C=N–C) groups is 1. The Hall–Kier alpha value is -1.55. The van der Waals surface area contributed by atoms with Crippen LogP contribution in [0.3, 0.4) is 0 Å². The molecule has 0 spiro atoms.